The van der Waals surface area contributed by atoms with Crippen molar-refractivity contribution in [2.24, 2.45) is 0 Å². The summed E-state index contributed by atoms with van der Waals surface area (Å²) in [5.41, 5.74) is 1.80. The lowest BCUT2D eigenvalue weighted by atomic mass is 10.0. The predicted octanol–water partition coefficient (Wildman–Crippen LogP) is 8.04. The minimum atomic E-state index is -0.156. The van der Waals surface area contributed by atoms with Crippen molar-refractivity contribution in [1.82, 2.24) is 4.90 Å². The van der Waals surface area contributed by atoms with Crippen LogP contribution >= 0.6 is 0 Å². The molecule has 0 amide bonds. The van der Waals surface area contributed by atoms with Gasteiger partial charge in [-0.1, -0.05) is 110 Å². The number of allylic oxidation sites excluding steroid dienone is 1. The van der Waals surface area contributed by atoms with Crippen molar-refractivity contribution in [3.63, 3.8) is 0 Å². The van der Waals surface area contributed by atoms with Gasteiger partial charge in [0.25, 0.3) is 0 Å². The molecule has 3 nitrogen and oxygen atoms in total. The fourth-order valence-electron chi connectivity index (χ4n) is 3.96. The Kier molecular flexibility index (Phi) is 19.6. The number of unbranched alkanes of at least 4 members (excludes halogenated alkanes) is 15. The molecule has 0 aliphatic carbocycles. The average Bonchev–Trinajstić information content (AvgIpc) is 2.70. The Morgan fingerprint density at radius 3 is 1.38 bits per heavy atom. The molecule has 0 aliphatic heterocycles. The zero-order chi connectivity index (χ0) is 21.7. The van der Waals surface area contributed by atoms with Gasteiger partial charge in [0.2, 0.25) is 0 Å². The van der Waals surface area contributed by atoms with Crippen LogP contribution < -0.4 is 0 Å². The normalized spacial score (nSPS) is 12.0. The Labute approximate surface area is 182 Å². The highest BCUT2D eigenvalue weighted by Crippen LogP contribution is 2.15. The van der Waals surface area contributed by atoms with Gasteiger partial charge in [0.15, 0.2) is 0 Å². The van der Waals surface area contributed by atoms with Crippen LogP contribution in [0.2, 0.25) is 0 Å². The molecule has 0 N–H and O–H groups in total. The molecule has 0 radical (unpaired) electrons. The van der Waals surface area contributed by atoms with Gasteiger partial charge in [-0.25, -0.2) is 4.79 Å². The van der Waals surface area contributed by atoms with Crippen molar-refractivity contribution >= 4 is 5.97 Å². The Hall–Kier alpha value is -0.990. The van der Waals surface area contributed by atoms with E-state index < -0.39 is 0 Å². The van der Waals surface area contributed by atoms with Crippen LogP contribution in [-0.2, 0) is 9.53 Å². The van der Waals surface area contributed by atoms with E-state index in [9.17, 15) is 4.79 Å². The minimum Gasteiger partial charge on any atom is -0.462 e. The summed E-state index contributed by atoms with van der Waals surface area (Å²) in [7, 11) is 3.95. The van der Waals surface area contributed by atoms with Crippen LogP contribution in [0, 0.1) is 0 Å². The second kappa shape index (κ2) is 20.3. The van der Waals surface area contributed by atoms with E-state index >= 15 is 0 Å². The number of carbonyl (C=O) groups is 1. The Bertz CT molecular complexity index is 415. The second-order valence-electron chi connectivity index (χ2n) is 8.76. The van der Waals surface area contributed by atoms with Crippen molar-refractivity contribution in [3.05, 3.63) is 11.3 Å². The molecular weight excluding hydrogens is 358 g/mol. The number of hydrogen-bond donors (Lipinski definition) is 0. The molecule has 0 heterocycles. The fraction of sp³-hybridized carbons (Fsp3) is 0.885. The SMILES string of the molecule is CCCCCCCCCCCCCCCCCCOC(=O)/C(C)=C(\CC)N(C)C. The number of ether oxygens (including phenoxy) is 1. The molecule has 0 spiro atoms. The number of esters is 1. The summed E-state index contributed by atoms with van der Waals surface area (Å²) in [6.45, 7) is 6.78. The van der Waals surface area contributed by atoms with Gasteiger partial charge >= 0.3 is 5.97 Å². The van der Waals surface area contributed by atoms with Crippen LogP contribution in [0.4, 0.5) is 0 Å². The molecule has 0 fully saturated rings. The maximum atomic E-state index is 12.1. The van der Waals surface area contributed by atoms with E-state index in [0.717, 1.165) is 24.1 Å². The summed E-state index contributed by atoms with van der Waals surface area (Å²) in [6, 6.07) is 0. The molecule has 0 aliphatic rings. The molecule has 0 bridgehead atoms. The lowest BCUT2D eigenvalue weighted by molar-refractivity contribution is -0.139. The summed E-state index contributed by atoms with van der Waals surface area (Å²) in [5.74, 6) is -0.156. The zero-order valence-electron chi connectivity index (χ0n) is 20.5. The second-order valence-corrected chi connectivity index (χ2v) is 8.76. The van der Waals surface area contributed by atoms with E-state index in [0.29, 0.717) is 6.61 Å². The smallest absolute Gasteiger partial charge is 0.335 e. The van der Waals surface area contributed by atoms with E-state index in [-0.39, 0.29) is 5.97 Å². The van der Waals surface area contributed by atoms with Crippen molar-refractivity contribution in [1.29, 1.82) is 0 Å². The Morgan fingerprint density at radius 2 is 1.03 bits per heavy atom. The third-order valence-corrected chi connectivity index (χ3v) is 5.84. The quantitative estimate of drug-likeness (QED) is 0.116. The summed E-state index contributed by atoms with van der Waals surface area (Å²) in [6.07, 6.45) is 22.6. The standard InChI is InChI=1S/C26H51NO2/c1-6-8-9-10-11-12-13-14-15-16-17-18-19-20-21-22-23-29-26(28)24(3)25(7-2)27(4)5/h6-23H2,1-5H3/b25-24+. The van der Waals surface area contributed by atoms with E-state index in [1.807, 2.05) is 25.9 Å². The molecule has 29 heavy (non-hydrogen) atoms. The molecule has 0 aromatic carbocycles. The minimum absolute atomic E-state index is 0.156. The highest BCUT2D eigenvalue weighted by molar-refractivity contribution is 5.88. The number of nitrogens with zero attached hydrogens (tertiary/aromatic N) is 1. The van der Waals surface area contributed by atoms with Gasteiger partial charge < -0.3 is 9.64 Å². The first-order chi connectivity index (χ1) is 14.0. The van der Waals surface area contributed by atoms with Crippen LogP contribution in [0.5, 0.6) is 0 Å². The predicted molar refractivity (Wildman–Crippen MR) is 127 cm³/mol. The number of carbonyl (C=O) groups excluding carboxylic acids is 1. The molecular formula is C26H51NO2. The van der Waals surface area contributed by atoms with Gasteiger partial charge in [-0.15, -0.1) is 0 Å². The van der Waals surface area contributed by atoms with Gasteiger partial charge in [0, 0.05) is 19.8 Å². The van der Waals surface area contributed by atoms with Crippen LogP contribution in [0.1, 0.15) is 130 Å². The summed E-state index contributed by atoms with van der Waals surface area (Å²) < 4.78 is 5.43. The van der Waals surface area contributed by atoms with E-state index in [2.05, 4.69) is 13.8 Å². The molecule has 0 aromatic rings. The van der Waals surface area contributed by atoms with Gasteiger partial charge in [0.1, 0.15) is 0 Å². The van der Waals surface area contributed by atoms with Crippen molar-refractivity contribution in [2.45, 2.75) is 130 Å². The van der Waals surface area contributed by atoms with Crippen molar-refractivity contribution < 1.29 is 9.53 Å². The molecule has 3 heteroatoms. The molecule has 0 saturated heterocycles. The topological polar surface area (TPSA) is 29.5 Å². The van der Waals surface area contributed by atoms with Crippen LogP contribution in [0.25, 0.3) is 0 Å². The van der Waals surface area contributed by atoms with Crippen LogP contribution in [0.15, 0.2) is 11.3 Å². The lowest BCUT2D eigenvalue weighted by Crippen LogP contribution is -2.17. The first kappa shape index (κ1) is 28.0. The molecule has 0 aromatic heterocycles. The van der Waals surface area contributed by atoms with Gasteiger partial charge in [-0.3, -0.25) is 0 Å². The molecule has 0 atom stereocenters. The van der Waals surface area contributed by atoms with Gasteiger partial charge in [0.05, 0.1) is 12.2 Å². The van der Waals surface area contributed by atoms with Crippen molar-refractivity contribution in [2.75, 3.05) is 20.7 Å². The van der Waals surface area contributed by atoms with Crippen molar-refractivity contribution in [3.8, 4) is 0 Å². The average molecular weight is 410 g/mol. The third-order valence-electron chi connectivity index (χ3n) is 5.84. The Balaban J connectivity index is 3.41. The summed E-state index contributed by atoms with van der Waals surface area (Å²) >= 11 is 0. The highest BCUT2D eigenvalue weighted by atomic mass is 16.5. The van der Waals surface area contributed by atoms with E-state index in [1.165, 1.54) is 96.3 Å². The fourth-order valence-corrected chi connectivity index (χ4v) is 3.96. The van der Waals surface area contributed by atoms with Crippen LogP contribution in [-0.4, -0.2) is 31.6 Å². The van der Waals surface area contributed by atoms with Gasteiger partial charge in [-0.05, 0) is 19.8 Å². The Morgan fingerprint density at radius 1 is 0.655 bits per heavy atom. The molecule has 0 rings (SSSR count). The van der Waals surface area contributed by atoms with Crippen LogP contribution in [0.3, 0.4) is 0 Å². The zero-order valence-corrected chi connectivity index (χ0v) is 20.5. The maximum absolute atomic E-state index is 12.1. The number of hydrogen-bond acceptors (Lipinski definition) is 3. The van der Waals surface area contributed by atoms with Gasteiger partial charge in [-0.2, -0.15) is 0 Å². The summed E-state index contributed by atoms with van der Waals surface area (Å²) in [4.78, 5) is 14.1. The first-order valence-electron chi connectivity index (χ1n) is 12.6. The first-order valence-corrected chi connectivity index (χ1v) is 12.6. The molecule has 172 valence electrons. The van der Waals surface area contributed by atoms with E-state index in [4.69, 9.17) is 4.74 Å². The number of rotatable bonds is 20. The largest absolute Gasteiger partial charge is 0.462 e. The van der Waals surface area contributed by atoms with E-state index in [1.54, 1.807) is 0 Å². The highest BCUT2D eigenvalue weighted by Gasteiger charge is 2.12. The lowest BCUT2D eigenvalue weighted by Gasteiger charge is -2.18. The third kappa shape index (κ3) is 16.5. The monoisotopic (exact) mass is 409 g/mol. The molecule has 0 unspecified atom stereocenters. The summed E-state index contributed by atoms with van der Waals surface area (Å²) in [5, 5.41) is 0. The maximum Gasteiger partial charge on any atom is 0.335 e. The molecule has 0 saturated carbocycles.